The van der Waals surface area contributed by atoms with Gasteiger partial charge in [0, 0.05) is 33.0 Å². The predicted octanol–water partition coefficient (Wildman–Crippen LogP) is 5.14. The van der Waals surface area contributed by atoms with Gasteiger partial charge < -0.3 is 10.1 Å². The Morgan fingerprint density at radius 3 is 2.67 bits per heavy atom. The molecule has 21 heavy (non-hydrogen) atoms. The molecule has 1 aliphatic heterocycles. The van der Waals surface area contributed by atoms with Gasteiger partial charge in [0.1, 0.15) is 17.7 Å². The molecule has 2 aromatic carbocycles. The lowest BCUT2D eigenvalue weighted by atomic mass is 9.93. The van der Waals surface area contributed by atoms with Crippen molar-refractivity contribution in [2.45, 2.75) is 18.6 Å². The van der Waals surface area contributed by atoms with Gasteiger partial charge in [-0.05, 0) is 62.7 Å². The molecule has 0 saturated heterocycles. The molecular weight excluding hydrogens is 401 g/mol. The van der Waals surface area contributed by atoms with E-state index >= 15 is 0 Å². The summed E-state index contributed by atoms with van der Waals surface area (Å²) >= 11 is 6.97. The van der Waals surface area contributed by atoms with E-state index in [0.717, 1.165) is 26.5 Å². The van der Waals surface area contributed by atoms with E-state index in [1.807, 2.05) is 25.2 Å². The van der Waals surface area contributed by atoms with E-state index in [1.54, 1.807) is 6.07 Å². The van der Waals surface area contributed by atoms with Gasteiger partial charge in [-0.25, -0.2) is 4.39 Å². The van der Waals surface area contributed by atoms with Gasteiger partial charge in [0.05, 0.1) is 0 Å². The molecular formula is C16H14Br2FNO. The lowest BCUT2D eigenvalue weighted by molar-refractivity contribution is 0.153. The number of nitrogens with one attached hydrogen (secondary N) is 1. The summed E-state index contributed by atoms with van der Waals surface area (Å²) in [7, 11) is 1.91. The first-order valence-corrected chi connectivity index (χ1v) is 8.25. The number of hydrogen-bond acceptors (Lipinski definition) is 2. The number of ether oxygens (including phenoxy) is 1. The standard InChI is InChI=1S/C16H14Br2FNO/c1-20-14-8-15(9-2-5-12(17)13(18)6-9)21-16-7-10(19)3-4-11(14)16/h2-7,14-15,20H,8H2,1H3. The highest BCUT2D eigenvalue weighted by Crippen LogP contribution is 2.41. The maximum atomic E-state index is 13.5. The Balaban J connectivity index is 1.97. The summed E-state index contributed by atoms with van der Waals surface area (Å²) in [4.78, 5) is 0. The minimum Gasteiger partial charge on any atom is -0.485 e. The van der Waals surface area contributed by atoms with Crippen LogP contribution >= 0.6 is 31.9 Å². The first-order valence-electron chi connectivity index (χ1n) is 6.67. The minimum absolute atomic E-state index is 0.0962. The summed E-state index contributed by atoms with van der Waals surface area (Å²) in [6, 6.07) is 10.9. The topological polar surface area (TPSA) is 21.3 Å². The number of halogens is 3. The summed E-state index contributed by atoms with van der Waals surface area (Å²) in [5, 5.41) is 3.28. The summed E-state index contributed by atoms with van der Waals surface area (Å²) in [5.41, 5.74) is 2.08. The van der Waals surface area contributed by atoms with Gasteiger partial charge in [-0.3, -0.25) is 0 Å². The third kappa shape index (κ3) is 3.00. The first kappa shape index (κ1) is 15.0. The van der Waals surface area contributed by atoms with Crippen molar-refractivity contribution in [3.05, 3.63) is 62.3 Å². The van der Waals surface area contributed by atoms with E-state index in [1.165, 1.54) is 12.1 Å². The van der Waals surface area contributed by atoms with Gasteiger partial charge in [0.2, 0.25) is 0 Å². The molecule has 0 aromatic heterocycles. The summed E-state index contributed by atoms with van der Waals surface area (Å²) < 4.78 is 21.4. The fourth-order valence-corrected chi connectivity index (χ4v) is 3.27. The van der Waals surface area contributed by atoms with Crippen molar-refractivity contribution in [3.63, 3.8) is 0 Å². The Morgan fingerprint density at radius 1 is 1.14 bits per heavy atom. The van der Waals surface area contributed by atoms with Crippen molar-refractivity contribution in [3.8, 4) is 5.75 Å². The Labute approximate surface area is 140 Å². The molecule has 3 rings (SSSR count). The number of rotatable bonds is 2. The zero-order valence-electron chi connectivity index (χ0n) is 11.4. The molecule has 0 radical (unpaired) electrons. The molecule has 0 bridgehead atoms. The van der Waals surface area contributed by atoms with Crippen molar-refractivity contribution >= 4 is 31.9 Å². The van der Waals surface area contributed by atoms with E-state index in [9.17, 15) is 4.39 Å². The van der Waals surface area contributed by atoms with Crippen LogP contribution in [0, 0.1) is 5.82 Å². The number of hydrogen-bond donors (Lipinski definition) is 1. The van der Waals surface area contributed by atoms with Crippen LogP contribution in [0.5, 0.6) is 5.75 Å². The third-order valence-corrected chi connectivity index (χ3v) is 5.61. The van der Waals surface area contributed by atoms with E-state index < -0.39 is 0 Å². The number of benzene rings is 2. The highest BCUT2D eigenvalue weighted by atomic mass is 79.9. The minimum atomic E-state index is -0.277. The summed E-state index contributed by atoms with van der Waals surface area (Å²) in [5.74, 6) is 0.339. The van der Waals surface area contributed by atoms with Gasteiger partial charge in [-0.1, -0.05) is 12.1 Å². The van der Waals surface area contributed by atoms with Crippen molar-refractivity contribution in [1.29, 1.82) is 0 Å². The average molecular weight is 415 g/mol. The molecule has 2 aromatic rings. The van der Waals surface area contributed by atoms with E-state index in [0.29, 0.717) is 5.75 Å². The molecule has 0 fully saturated rings. The number of fused-ring (bicyclic) bond motifs is 1. The molecule has 0 aliphatic carbocycles. The Hall–Kier alpha value is -0.910. The monoisotopic (exact) mass is 413 g/mol. The van der Waals surface area contributed by atoms with Crippen molar-refractivity contribution in [2.24, 2.45) is 0 Å². The molecule has 1 heterocycles. The fourth-order valence-electron chi connectivity index (χ4n) is 2.63. The molecule has 2 nitrogen and oxygen atoms in total. The Kier molecular flexibility index (Phi) is 4.33. The maximum absolute atomic E-state index is 13.5. The Bertz CT molecular complexity index is 677. The summed E-state index contributed by atoms with van der Waals surface area (Å²) in [6.45, 7) is 0. The molecule has 5 heteroatoms. The lowest BCUT2D eigenvalue weighted by Gasteiger charge is -2.32. The highest BCUT2D eigenvalue weighted by molar-refractivity contribution is 9.13. The molecule has 2 unspecified atom stereocenters. The van der Waals surface area contributed by atoms with Crippen molar-refractivity contribution in [2.75, 3.05) is 7.05 Å². The van der Waals surface area contributed by atoms with Crippen LogP contribution in [0.4, 0.5) is 4.39 Å². The van der Waals surface area contributed by atoms with Crippen LogP contribution < -0.4 is 10.1 Å². The molecule has 110 valence electrons. The zero-order chi connectivity index (χ0) is 15.0. The molecule has 0 spiro atoms. The van der Waals surface area contributed by atoms with E-state index in [-0.39, 0.29) is 18.0 Å². The lowest BCUT2D eigenvalue weighted by Crippen LogP contribution is -2.26. The van der Waals surface area contributed by atoms with Crippen LogP contribution in [-0.4, -0.2) is 7.05 Å². The quantitative estimate of drug-likeness (QED) is 0.734. The predicted molar refractivity (Wildman–Crippen MR) is 88.0 cm³/mol. The van der Waals surface area contributed by atoms with Crippen LogP contribution in [-0.2, 0) is 0 Å². The van der Waals surface area contributed by atoms with Crippen LogP contribution in [0.25, 0.3) is 0 Å². The summed E-state index contributed by atoms with van der Waals surface area (Å²) in [6.07, 6.45) is 0.713. The Morgan fingerprint density at radius 2 is 1.95 bits per heavy atom. The third-order valence-electron chi connectivity index (χ3n) is 3.73. The van der Waals surface area contributed by atoms with Crippen LogP contribution in [0.15, 0.2) is 45.3 Å². The van der Waals surface area contributed by atoms with Crippen LogP contribution in [0.1, 0.15) is 29.7 Å². The van der Waals surface area contributed by atoms with Crippen LogP contribution in [0.2, 0.25) is 0 Å². The molecule has 0 amide bonds. The normalized spacial score (nSPS) is 20.8. The van der Waals surface area contributed by atoms with Crippen molar-refractivity contribution < 1.29 is 9.13 Å². The van der Waals surface area contributed by atoms with Gasteiger partial charge in [0.25, 0.3) is 0 Å². The average Bonchev–Trinajstić information content (AvgIpc) is 2.48. The largest absolute Gasteiger partial charge is 0.485 e. The van der Waals surface area contributed by atoms with Crippen molar-refractivity contribution in [1.82, 2.24) is 5.32 Å². The molecule has 1 aliphatic rings. The van der Waals surface area contributed by atoms with Gasteiger partial charge in [0.15, 0.2) is 0 Å². The van der Waals surface area contributed by atoms with E-state index in [2.05, 4.69) is 37.2 Å². The molecule has 1 N–H and O–H groups in total. The smallest absolute Gasteiger partial charge is 0.127 e. The first-order chi connectivity index (χ1) is 10.1. The second kappa shape index (κ2) is 6.07. The second-order valence-corrected chi connectivity index (χ2v) is 6.75. The maximum Gasteiger partial charge on any atom is 0.127 e. The van der Waals surface area contributed by atoms with Gasteiger partial charge in [-0.2, -0.15) is 0 Å². The van der Waals surface area contributed by atoms with Gasteiger partial charge in [-0.15, -0.1) is 0 Å². The zero-order valence-corrected chi connectivity index (χ0v) is 14.5. The molecule has 0 saturated carbocycles. The SMILES string of the molecule is CNC1CC(c2ccc(Br)c(Br)c2)Oc2cc(F)ccc21. The highest BCUT2D eigenvalue weighted by Gasteiger charge is 2.29. The fraction of sp³-hybridized carbons (Fsp3) is 0.250. The molecule has 2 atom stereocenters. The van der Waals surface area contributed by atoms with Gasteiger partial charge >= 0.3 is 0 Å². The van der Waals surface area contributed by atoms with Crippen LogP contribution in [0.3, 0.4) is 0 Å². The van der Waals surface area contributed by atoms with E-state index in [4.69, 9.17) is 4.74 Å². The second-order valence-electron chi connectivity index (χ2n) is 5.04.